The molecule has 132 valence electrons. The lowest BCUT2D eigenvalue weighted by Gasteiger charge is -2.32. The molecule has 1 saturated heterocycles. The van der Waals surface area contributed by atoms with Crippen LogP contribution in [0.3, 0.4) is 0 Å². The van der Waals surface area contributed by atoms with Gasteiger partial charge < -0.3 is 10.0 Å². The largest absolute Gasteiger partial charge is 0.481 e. The van der Waals surface area contributed by atoms with Crippen molar-refractivity contribution in [3.8, 4) is 0 Å². The molecule has 1 aliphatic heterocycles. The number of hydrogen-bond acceptors (Lipinski definition) is 2. The standard InChI is InChI=1S/C17H20F3NO3/c1-11(9-12-3-2-4-14(10-12)17(18,19)20)15(22)21-7-5-13(6-8-21)16(23)24/h2-4,10-11,13H,5-9H2,1H3,(H,23,24)/t11-/m1/s1. The van der Waals surface area contributed by atoms with E-state index >= 15 is 0 Å². The van der Waals surface area contributed by atoms with Crippen molar-refractivity contribution >= 4 is 11.9 Å². The van der Waals surface area contributed by atoms with Crippen molar-refractivity contribution in [3.63, 3.8) is 0 Å². The number of amides is 1. The number of halogens is 3. The Bertz CT molecular complexity index is 607. The Morgan fingerprint density at radius 2 is 1.92 bits per heavy atom. The first-order valence-corrected chi connectivity index (χ1v) is 7.86. The van der Waals surface area contributed by atoms with Crippen LogP contribution in [0.5, 0.6) is 0 Å². The fraction of sp³-hybridized carbons (Fsp3) is 0.529. The molecule has 0 saturated carbocycles. The van der Waals surface area contributed by atoms with Gasteiger partial charge in [-0.05, 0) is 30.9 Å². The van der Waals surface area contributed by atoms with E-state index in [1.165, 1.54) is 6.07 Å². The highest BCUT2D eigenvalue weighted by Gasteiger charge is 2.31. The molecule has 0 aromatic heterocycles. The highest BCUT2D eigenvalue weighted by Crippen LogP contribution is 2.30. The van der Waals surface area contributed by atoms with E-state index in [9.17, 15) is 22.8 Å². The first-order chi connectivity index (χ1) is 11.2. The molecule has 0 unspecified atom stereocenters. The molecule has 1 heterocycles. The summed E-state index contributed by atoms with van der Waals surface area (Å²) in [5.41, 5.74) is -0.256. The van der Waals surface area contributed by atoms with Crippen molar-refractivity contribution in [2.24, 2.45) is 11.8 Å². The average Bonchev–Trinajstić information content (AvgIpc) is 2.53. The van der Waals surface area contributed by atoms with Crippen molar-refractivity contribution in [1.29, 1.82) is 0 Å². The molecule has 0 bridgehead atoms. The zero-order valence-corrected chi connectivity index (χ0v) is 13.3. The van der Waals surface area contributed by atoms with Gasteiger partial charge in [-0.25, -0.2) is 0 Å². The van der Waals surface area contributed by atoms with E-state index in [1.807, 2.05) is 0 Å². The molecule has 1 fully saturated rings. The zero-order chi connectivity index (χ0) is 17.9. The van der Waals surface area contributed by atoms with E-state index < -0.39 is 29.5 Å². The van der Waals surface area contributed by atoms with Crippen molar-refractivity contribution in [3.05, 3.63) is 35.4 Å². The SMILES string of the molecule is C[C@H](Cc1cccc(C(F)(F)F)c1)C(=O)N1CCC(C(=O)O)CC1. The van der Waals surface area contributed by atoms with Gasteiger partial charge in [0, 0.05) is 19.0 Å². The van der Waals surface area contributed by atoms with Crippen LogP contribution in [-0.4, -0.2) is 35.0 Å². The summed E-state index contributed by atoms with van der Waals surface area (Å²) in [5, 5.41) is 8.96. The topological polar surface area (TPSA) is 57.6 Å². The molecule has 0 spiro atoms. The number of carboxylic acids is 1. The second-order valence-corrected chi connectivity index (χ2v) is 6.24. The lowest BCUT2D eigenvalue weighted by Crippen LogP contribution is -2.43. The van der Waals surface area contributed by atoms with Gasteiger partial charge in [-0.2, -0.15) is 13.2 Å². The molecule has 1 aromatic rings. The smallest absolute Gasteiger partial charge is 0.416 e. The summed E-state index contributed by atoms with van der Waals surface area (Å²) in [6.07, 6.45) is -3.35. The second kappa shape index (κ2) is 7.23. The molecule has 0 aliphatic carbocycles. The minimum absolute atomic E-state index is 0.142. The maximum atomic E-state index is 12.7. The van der Waals surface area contributed by atoms with Crippen molar-refractivity contribution < 1.29 is 27.9 Å². The van der Waals surface area contributed by atoms with E-state index in [0.717, 1.165) is 12.1 Å². The lowest BCUT2D eigenvalue weighted by atomic mass is 9.94. The first kappa shape index (κ1) is 18.3. The molecule has 0 radical (unpaired) electrons. The lowest BCUT2D eigenvalue weighted by molar-refractivity contribution is -0.146. The molecular weight excluding hydrogens is 323 g/mol. The second-order valence-electron chi connectivity index (χ2n) is 6.24. The van der Waals surface area contributed by atoms with E-state index in [-0.39, 0.29) is 12.3 Å². The highest BCUT2D eigenvalue weighted by molar-refractivity contribution is 5.79. The third-order valence-corrected chi connectivity index (χ3v) is 4.37. The number of alkyl halides is 3. The Morgan fingerprint density at radius 3 is 2.46 bits per heavy atom. The number of carbonyl (C=O) groups excluding carboxylic acids is 1. The molecule has 1 atom stereocenters. The fourth-order valence-electron chi connectivity index (χ4n) is 2.97. The summed E-state index contributed by atoms with van der Waals surface area (Å²) < 4.78 is 38.2. The van der Waals surface area contributed by atoms with Crippen LogP contribution in [0.25, 0.3) is 0 Å². The zero-order valence-electron chi connectivity index (χ0n) is 13.3. The molecule has 4 nitrogen and oxygen atoms in total. The van der Waals surface area contributed by atoms with Gasteiger partial charge >= 0.3 is 12.1 Å². The Hall–Kier alpha value is -2.05. The molecular formula is C17H20F3NO3. The first-order valence-electron chi connectivity index (χ1n) is 7.86. The number of carboxylic acid groups (broad SMARTS) is 1. The number of nitrogens with zero attached hydrogens (tertiary/aromatic N) is 1. The molecule has 1 aliphatic rings. The van der Waals surface area contributed by atoms with Crippen molar-refractivity contribution in [2.45, 2.75) is 32.4 Å². The molecule has 1 N–H and O–H groups in total. The van der Waals surface area contributed by atoms with E-state index in [4.69, 9.17) is 5.11 Å². The van der Waals surface area contributed by atoms with Crippen LogP contribution in [0.1, 0.15) is 30.9 Å². The third-order valence-electron chi connectivity index (χ3n) is 4.37. The van der Waals surface area contributed by atoms with Gasteiger partial charge in [0.25, 0.3) is 0 Å². The Morgan fingerprint density at radius 1 is 1.29 bits per heavy atom. The summed E-state index contributed by atoms with van der Waals surface area (Å²) in [7, 11) is 0. The predicted octanol–water partition coefficient (Wildman–Crippen LogP) is 3.21. The van der Waals surface area contributed by atoms with Crippen LogP contribution >= 0.6 is 0 Å². The number of carbonyl (C=O) groups is 2. The van der Waals surface area contributed by atoms with Crippen LogP contribution in [-0.2, 0) is 22.2 Å². The van der Waals surface area contributed by atoms with Gasteiger partial charge in [-0.3, -0.25) is 9.59 Å². The number of hydrogen-bond donors (Lipinski definition) is 1. The number of rotatable bonds is 4. The van der Waals surface area contributed by atoms with Crippen molar-refractivity contribution in [1.82, 2.24) is 4.90 Å². The molecule has 7 heteroatoms. The Kier molecular flexibility index (Phi) is 5.51. The van der Waals surface area contributed by atoms with Crippen LogP contribution in [0.15, 0.2) is 24.3 Å². The van der Waals surface area contributed by atoms with Gasteiger partial charge in [0.15, 0.2) is 0 Å². The monoisotopic (exact) mass is 343 g/mol. The highest BCUT2D eigenvalue weighted by atomic mass is 19.4. The summed E-state index contributed by atoms with van der Waals surface area (Å²) in [6, 6.07) is 5.00. The van der Waals surface area contributed by atoms with Crippen LogP contribution in [0.2, 0.25) is 0 Å². The van der Waals surface area contributed by atoms with Gasteiger partial charge in [-0.15, -0.1) is 0 Å². The van der Waals surface area contributed by atoms with E-state index in [1.54, 1.807) is 17.9 Å². The van der Waals surface area contributed by atoms with E-state index in [0.29, 0.717) is 31.5 Å². The minimum atomic E-state index is -4.40. The molecule has 1 amide bonds. The van der Waals surface area contributed by atoms with Crippen LogP contribution in [0, 0.1) is 11.8 Å². The fourth-order valence-corrected chi connectivity index (χ4v) is 2.97. The van der Waals surface area contributed by atoms with Crippen LogP contribution in [0.4, 0.5) is 13.2 Å². The Balaban J connectivity index is 1.96. The van der Waals surface area contributed by atoms with Gasteiger partial charge in [0.2, 0.25) is 5.91 Å². The van der Waals surface area contributed by atoms with Gasteiger partial charge in [-0.1, -0.05) is 25.1 Å². The number of benzene rings is 1. The minimum Gasteiger partial charge on any atom is -0.481 e. The molecule has 24 heavy (non-hydrogen) atoms. The Labute approximate surface area is 138 Å². The van der Waals surface area contributed by atoms with Gasteiger partial charge in [0.05, 0.1) is 11.5 Å². The van der Waals surface area contributed by atoms with Crippen molar-refractivity contribution in [2.75, 3.05) is 13.1 Å². The molecule has 1 aromatic carbocycles. The summed E-state index contributed by atoms with van der Waals surface area (Å²) in [5.74, 6) is -1.86. The summed E-state index contributed by atoms with van der Waals surface area (Å²) >= 11 is 0. The number of aliphatic carboxylic acids is 1. The van der Waals surface area contributed by atoms with Crippen LogP contribution < -0.4 is 0 Å². The number of likely N-dealkylation sites (tertiary alicyclic amines) is 1. The maximum absolute atomic E-state index is 12.7. The molecule has 2 rings (SSSR count). The number of piperidine rings is 1. The van der Waals surface area contributed by atoms with E-state index in [2.05, 4.69) is 0 Å². The predicted molar refractivity (Wildman–Crippen MR) is 81.3 cm³/mol. The average molecular weight is 343 g/mol. The van der Waals surface area contributed by atoms with Gasteiger partial charge in [0.1, 0.15) is 0 Å². The normalized spacial score (nSPS) is 17.6. The summed E-state index contributed by atoms with van der Waals surface area (Å²) in [6.45, 7) is 2.44. The maximum Gasteiger partial charge on any atom is 0.416 e. The third kappa shape index (κ3) is 4.49. The quantitative estimate of drug-likeness (QED) is 0.913. The summed E-state index contributed by atoms with van der Waals surface area (Å²) in [4.78, 5) is 24.9.